The smallest absolute Gasteiger partial charge is 0.240 e. The summed E-state index contributed by atoms with van der Waals surface area (Å²) < 4.78 is 10.8. The molecular weight excluding hydrogens is 254 g/mol. The first kappa shape index (κ1) is 14.5. The lowest BCUT2D eigenvalue weighted by molar-refractivity contribution is 0.242. The predicted octanol–water partition coefficient (Wildman–Crippen LogP) is 3.02. The van der Waals surface area contributed by atoms with Gasteiger partial charge in [-0.15, -0.1) is 0 Å². The van der Waals surface area contributed by atoms with Gasteiger partial charge in [0.05, 0.1) is 12.6 Å². The lowest BCUT2D eigenvalue weighted by Gasteiger charge is -2.15. The Morgan fingerprint density at radius 1 is 1.30 bits per heavy atom. The first-order chi connectivity index (χ1) is 9.54. The molecule has 5 nitrogen and oxygen atoms in total. The van der Waals surface area contributed by atoms with E-state index in [9.17, 15) is 0 Å². The largest absolute Gasteiger partial charge is 0.491 e. The molecule has 5 heteroatoms. The number of ether oxygens (including phenoxy) is 1. The van der Waals surface area contributed by atoms with Gasteiger partial charge in [-0.1, -0.05) is 17.3 Å². The molecule has 2 aromatic rings. The lowest BCUT2D eigenvalue weighted by atomic mass is 10.1. The molecule has 1 aromatic carbocycles. The number of rotatable bonds is 6. The molecule has 0 radical (unpaired) electrons. The Balaban J connectivity index is 1.96. The van der Waals surface area contributed by atoms with Crippen molar-refractivity contribution in [1.29, 1.82) is 0 Å². The van der Waals surface area contributed by atoms with E-state index >= 15 is 0 Å². The first-order valence-electron chi connectivity index (χ1n) is 6.84. The van der Waals surface area contributed by atoms with E-state index in [1.807, 2.05) is 32.9 Å². The predicted molar refractivity (Wildman–Crippen MR) is 76.5 cm³/mol. The Morgan fingerprint density at radius 3 is 2.75 bits per heavy atom. The highest BCUT2D eigenvalue weighted by Gasteiger charge is 2.09. The molecular formula is C15H21N3O2. The molecule has 0 amide bonds. The summed E-state index contributed by atoms with van der Waals surface area (Å²) in [5, 5.41) is 7.13. The van der Waals surface area contributed by atoms with E-state index in [0.717, 1.165) is 5.75 Å². The van der Waals surface area contributed by atoms with E-state index in [1.165, 1.54) is 5.56 Å². The lowest BCUT2D eigenvalue weighted by Crippen LogP contribution is -2.18. The Labute approximate surface area is 119 Å². The summed E-state index contributed by atoms with van der Waals surface area (Å²) in [5.41, 5.74) is 1.17. The average Bonchev–Trinajstić information content (AvgIpc) is 2.81. The van der Waals surface area contributed by atoms with Gasteiger partial charge >= 0.3 is 0 Å². The molecule has 0 aliphatic rings. The fourth-order valence-electron chi connectivity index (χ4n) is 1.90. The highest BCUT2D eigenvalue weighted by Crippen LogP contribution is 2.20. The molecule has 108 valence electrons. The fourth-order valence-corrected chi connectivity index (χ4v) is 1.90. The molecule has 0 aliphatic carbocycles. The SMILES string of the molecule is Cc1noc(CNC(C)c2cccc(OC(C)C)c2)n1. The van der Waals surface area contributed by atoms with Crippen LogP contribution in [0, 0.1) is 6.92 Å². The maximum Gasteiger partial charge on any atom is 0.240 e. The van der Waals surface area contributed by atoms with Crippen molar-refractivity contribution >= 4 is 0 Å². The molecule has 1 heterocycles. The van der Waals surface area contributed by atoms with Gasteiger partial charge in [0, 0.05) is 6.04 Å². The van der Waals surface area contributed by atoms with Crippen molar-refractivity contribution < 1.29 is 9.26 Å². The second kappa shape index (κ2) is 6.52. The third-order valence-corrected chi connectivity index (χ3v) is 2.86. The maximum atomic E-state index is 5.70. The van der Waals surface area contributed by atoms with Crippen LogP contribution in [0.4, 0.5) is 0 Å². The number of hydrogen-bond acceptors (Lipinski definition) is 5. The summed E-state index contributed by atoms with van der Waals surface area (Å²) in [5.74, 6) is 2.14. The second-order valence-corrected chi connectivity index (χ2v) is 5.08. The van der Waals surface area contributed by atoms with E-state index in [2.05, 4.69) is 34.5 Å². The van der Waals surface area contributed by atoms with Crippen LogP contribution in [0.5, 0.6) is 5.75 Å². The molecule has 0 saturated carbocycles. The van der Waals surface area contributed by atoms with Crippen molar-refractivity contribution in [1.82, 2.24) is 15.5 Å². The number of aryl methyl sites for hydroxylation is 1. The topological polar surface area (TPSA) is 60.2 Å². The maximum absolute atomic E-state index is 5.70. The number of aromatic nitrogens is 2. The fraction of sp³-hybridized carbons (Fsp3) is 0.467. The molecule has 2 rings (SSSR count). The molecule has 1 aromatic heterocycles. The molecule has 0 spiro atoms. The number of hydrogen-bond donors (Lipinski definition) is 1. The zero-order valence-electron chi connectivity index (χ0n) is 12.4. The van der Waals surface area contributed by atoms with Crippen LogP contribution < -0.4 is 10.1 Å². The Bertz CT molecular complexity index is 552. The van der Waals surface area contributed by atoms with Gasteiger partial charge in [0.25, 0.3) is 0 Å². The van der Waals surface area contributed by atoms with Crippen LogP contribution in [0.15, 0.2) is 28.8 Å². The van der Waals surface area contributed by atoms with Gasteiger partial charge in [-0.3, -0.25) is 0 Å². The van der Waals surface area contributed by atoms with Gasteiger partial charge < -0.3 is 14.6 Å². The summed E-state index contributed by atoms with van der Waals surface area (Å²) in [6.07, 6.45) is 0.176. The van der Waals surface area contributed by atoms with Gasteiger partial charge in [0.15, 0.2) is 5.82 Å². The number of nitrogens with one attached hydrogen (secondary N) is 1. The zero-order valence-corrected chi connectivity index (χ0v) is 12.4. The van der Waals surface area contributed by atoms with Gasteiger partial charge in [-0.2, -0.15) is 4.98 Å². The monoisotopic (exact) mass is 275 g/mol. The summed E-state index contributed by atoms with van der Waals surface area (Å²) in [4.78, 5) is 4.17. The zero-order chi connectivity index (χ0) is 14.5. The van der Waals surface area contributed by atoms with Gasteiger partial charge in [-0.25, -0.2) is 0 Å². The molecule has 0 bridgehead atoms. The molecule has 1 unspecified atom stereocenters. The van der Waals surface area contributed by atoms with E-state index in [1.54, 1.807) is 0 Å². The summed E-state index contributed by atoms with van der Waals surface area (Å²) in [6, 6.07) is 8.28. The average molecular weight is 275 g/mol. The molecule has 0 aliphatic heterocycles. The van der Waals surface area contributed by atoms with Crippen LogP contribution in [0.25, 0.3) is 0 Å². The van der Waals surface area contributed by atoms with Crippen LogP contribution in [-0.4, -0.2) is 16.2 Å². The van der Waals surface area contributed by atoms with Crippen LogP contribution in [0.3, 0.4) is 0 Å². The highest BCUT2D eigenvalue weighted by molar-refractivity contribution is 5.30. The van der Waals surface area contributed by atoms with Crippen molar-refractivity contribution in [2.24, 2.45) is 0 Å². The van der Waals surface area contributed by atoms with Crippen molar-refractivity contribution in [2.45, 2.75) is 46.4 Å². The molecule has 0 fully saturated rings. The van der Waals surface area contributed by atoms with E-state index in [4.69, 9.17) is 9.26 Å². The number of nitrogens with zero attached hydrogens (tertiary/aromatic N) is 2. The minimum Gasteiger partial charge on any atom is -0.491 e. The minimum atomic E-state index is 0.176. The summed E-state index contributed by atoms with van der Waals surface area (Å²) >= 11 is 0. The normalized spacial score (nSPS) is 12.7. The van der Waals surface area contributed by atoms with Crippen LogP contribution >= 0.6 is 0 Å². The van der Waals surface area contributed by atoms with Crippen molar-refractivity contribution in [2.75, 3.05) is 0 Å². The number of benzene rings is 1. The first-order valence-corrected chi connectivity index (χ1v) is 6.84. The van der Waals surface area contributed by atoms with Crippen LogP contribution in [0.2, 0.25) is 0 Å². The van der Waals surface area contributed by atoms with E-state index in [-0.39, 0.29) is 12.1 Å². The van der Waals surface area contributed by atoms with E-state index in [0.29, 0.717) is 18.3 Å². The molecule has 0 saturated heterocycles. The third-order valence-electron chi connectivity index (χ3n) is 2.86. The molecule has 1 N–H and O–H groups in total. The third kappa shape index (κ3) is 4.06. The van der Waals surface area contributed by atoms with Crippen molar-refractivity contribution in [3.05, 3.63) is 41.5 Å². The van der Waals surface area contributed by atoms with Crippen molar-refractivity contribution in [3.8, 4) is 5.75 Å². The summed E-state index contributed by atoms with van der Waals surface area (Å²) in [7, 11) is 0. The quantitative estimate of drug-likeness (QED) is 0.878. The van der Waals surface area contributed by atoms with Crippen LogP contribution in [0.1, 0.15) is 44.1 Å². The minimum absolute atomic E-state index is 0.176. The highest BCUT2D eigenvalue weighted by atomic mass is 16.5. The van der Waals surface area contributed by atoms with Gasteiger partial charge in [0.1, 0.15) is 5.75 Å². The van der Waals surface area contributed by atoms with Crippen LogP contribution in [-0.2, 0) is 6.54 Å². The van der Waals surface area contributed by atoms with Crippen molar-refractivity contribution in [3.63, 3.8) is 0 Å². The van der Waals surface area contributed by atoms with Gasteiger partial charge in [-0.05, 0) is 45.4 Å². The standard InChI is InChI=1S/C15H21N3O2/c1-10(2)19-14-7-5-6-13(8-14)11(3)16-9-15-17-12(4)18-20-15/h5-8,10-11,16H,9H2,1-4H3. The Hall–Kier alpha value is -1.88. The Kier molecular flexibility index (Phi) is 4.74. The Morgan fingerprint density at radius 2 is 2.10 bits per heavy atom. The summed E-state index contributed by atoms with van der Waals surface area (Å²) in [6.45, 7) is 8.50. The van der Waals surface area contributed by atoms with Gasteiger partial charge in [0.2, 0.25) is 5.89 Å². The van der Waals surface area contributed by atoms with E-state index < -0.39 is 0 Å². The molecule has 20 heavy (non-hydrogen) atoms. The second-order valence-electron chi connectivity index (χ2n) is 5.08. The molecule has 1 atom stereocenters.